The van der Waals surface area contributed by atoms with Gasteiger partial charge >= 0.3 is 0 Å². The molecule has 0 aromatic carbocycles. The van der Waals surface area contributed by atoms with Gasteiger partial charge in [0.25, 0.3) is 0 Å². The number of alkyl halides is 1. The standard InChI is InChI=1S/C10H20ClN.ClH/c1-2-9(8-11)12-10-6-4-3-5-7-10;/h9-10,12H,2-8H2,1H3;1H. The van der Waals surface area contributed by atoms with Gasteiger partial charge in [-0.3, -0.25) is 0 Å². The summed E-state index contributed by atoms with van der Waals surface area (Å²) in [5, 5.41) is 3.62. The van der Waals surface area contributed by atoms with Gasteiger partial charge < -0.3 is 5.32 Å². The van der Waals surface area contributed by atoms with Gasteiger partial charge in [0.1, 0.15) is 0 Å². The van der Waals surface area contributed by atoms with Crippen molar-refractivity contribution in [3.63, 3.8) is 0 Å². The molecule has 0 saturated heterocycles. The summed E-state index contributed by atoms with van der Waals surface area (Å²) in [6.07, 6.45) is 8.09. The smallest absolute Gasteiger partial charge is 0.0377 e. The maximum absolute atomic E-state index is 5.82. The Balaban J connectivity index is 0.00000144. The van der Waals surface area contributed by atoms with Crippen LogP contribution in [0.25, 0.3) is 0 Å². The van der Waals surface area contributed by atoms with Crippen molar-refractivity contribution >= 4 is 24.0 Å². The quantitative estimate of drug-likeness (QED) is 0.725. The summed E-state index contributed by atoms with van der Waals surface area (Å²) in [4.78, 5) is 0. The van der Waals surface area contributed by atoms with Crippen molar-refractivity contribution in [2.75, 3.05) is 5.88 Å². The molecule has 0 radical (unpaired) electrons. The zero-order valence-electron chi connectivity index (χ0n) is 8.39. The van der Waals surface area contributed by atoms with Crippen LogP contribution in [0.4, 0.5) is 0 Å². The lowest BCUT2D eigenvalue weighted by atomic mass is 9.95. The third-order valence-electron chi connectivity index (χ3n) is 2.76. The van der Waals surface area contributed by atoms with E-state index in [0.717, 1.165) is 18.3 Å². The minimum atomic E-state index is 0. The van der Waals surface area contributed by atoms with Crippen molar-refractivity contribution in [3.05, 3.63) is 0 Å². The summed E-state index contributed by atoms with van der Waals surface area (Å²) in [6.45, 7) is 2.20. The summed E-state index contributed by atoms with van der Waals surface area (Å²) >= 11 is 5.82. The Bertz CT molecular complexity index is 109. The first-order valence-corrected chi connectivity index (χ1v) is 5.72. The molecule has 1 aliphatic rings. The molecule has 0 aliphatic heterocycles. The summed E-state index contributed by atoms with van der Waals surface area (Å²) in [5.41, 5.74) is 0. The van der Waals surface area contributed by atoms with Crippen LogP contribution < -0.4 is 5.32 Å². The van der Waals surface area contributed by atoms with Crippen molar-refractivity contribution in [2.45, 2.75) is 57.5 Å². The van der Waals surface area contributed by atoms with Crippen LogP contribution in [0, 0.1) is 0 Å². The normalized spacial score (nSPS) is 20.8. The molecular weight excluding hydrogens is 205 g/mol. The van der Waals surface area contributed by atoms with Gasteiger partial charge in [0.15, 0.2) is 0 Å². The molecule has 0 spiro atoms. The largest absolute Gasteiger partial charge is 0.310 e. The molecule has 0 aromatic rings. The number of nitrogens with one attached hydrogen (secondary N) is 1. The van der Waals surface area contributed by atoms with E-state index in [2.05, 4.69) is 12.2 Å². The SMILES string of the molecule is CCC(CCl)NC1CCCCC1.Cl. The van der Waals surface area contributed by atoms with E-state index in [1.807, 2.05) is 0 Å². The van der Waals surface area contributed by atoms with Crippen LogP contribution in [0.1, 0.15) is 45.4 Å². The first-order chi connectivity index (χ1) is 5.86. The minimum absolute atomic E-state index is 0. The van der Waals surface area contributed by atoms with Crippen LogP contribution in [0.5, 0.6) is 0 Å². The van der Waals surface area contributed by atoms with E-state index in [1.165, 1.54) is 32.1 Å². The van der Waals surface area contributed by atoms with E-state index in [4.69, 9.17) is 11.6 Å². The molecule has 0 heterocycles. The number of halogens is 2. The molecule has 1 fully saturated rings. The average molecular weight is 226 g/mol. The monoisotopic (exact) mass is 225 g/mol. The summed E-state index contributed by atoms with van der Waals surface area (Å²) in [7, 11) is 0. The molecule has 1 saturated carbocycles. The lowest BCUT2D eigenvalue weighted by molar-refractivity contribution is 0.342. The Morgan fingerprint density at radius 1 is 1.31 bits per heavy atom. The fraction of sp³-hybridized carbons (Fsp3) is 1.00. The Hall–Kier alpha value is 0.540. The molecular formula is C10H21Cl2N. The number of rotatable bonds is 4. The van der Waals surface area contributed by atoms with Gasteiger partial charge in [0, 0.05) is 18.0 Å². The van der Waals surface area contributed by atoms with Gasteiger partial charge in [-0.2, -0.15) is 0 Å². The van der Waals surface area contributed by atoms with Crippen LogP contribution in [-0.2, 0) is 0 Å². The van der Waals surface area contributed by atoms with Gasteiger partial charge in [-0.05, 0) is 19.3 Å². The highest BCUT2D eigenvalue weighted by Crippen LogP contribution is 2.18. The first-order valence-electron chi connectivity index (χ1n) is 5.18. The molecule has 1 N–H and O–H groups in total. The molecule has 80 valence electrons. The van der Waals surface area contributed by atoms with Gasteiger partial charge in [-0.25, -0.2) is 0 Å². The van der Waals surface area contributed by atoms with E-state index >= 15 is 0 Å². The van der Waals surface area contributed by atoms with Crippen molar-refractivity contribution in [3.8, 4) is 0 Å². The van der Waals surface area contributed by atoms with Gasteiger partial charge in [0.2, 0.25) is 0 Å². The molecule has 1 nitrogen and oxygen atoms in total. The number of hydrogen-bond donors (Lipinski definition) is 1. The highest BCUT2D eigenvalue weighted by Gasteiger charge is 2.15. The Kier molecular flexibility index (Phi) is 8.23. The fourth-order valence-corrected chi connectivity index (χ4v) is 2.18. The molecule has 0 bridgehead atoms. The van der Waals surface area contributed by atoms with E-state index in [9.17, 15) is 0 Å². The number of hydrogen-bond acceptors (Lipinski definition) is 1. The van der Waals surface area contributed by atoms with E-state index in [1.54, 1.807) is 0 Å². The maximum Gasteiger partial charge on any atom is 0.0377 e. The van der Waals surface area contributed by atoms with Gasteiger partial charge in [0.05, 0.1) is 0 Å². The molecule has 1 atom stereocenters. The van der Waals surface area contributed by atoms with Gasteiger partial charge in [-0.1, -0.05) is 26.2 Å². The van der Waals surface area contributed by atoms with Crippen molar-refractivity contribution < 1.29 is 0 Å². The topological polar surface area (TPSA) is 12.0 Å². The third kappa shape index (κ3) is 5.09. The van der Waals surface area contributed by atoms with Gasteiger partial charge in [-0.15, -0.1) is 24.0 Å². The van der Waals surface area contributed by atoms with Crippen molar-refractivity contribution in [1.82, 2.24) is 5.32 Å². The highest BCUT2D eigenvalue weighted by molar-refractivity contribution is 6.18. The summed E-state index contributed by atoms with van der Waals surface area (Å²) < 4.78 is 0. The zero-order valence-corrected chi connectivity index (χ0v) is 9.96. The van der Waals surface area contributed by atoms with E-state index in [-0.39, 0.29) is 12.4 Å². The molecule has 0 aromatic heterocycles. The summed E-state index contributed by atoms with van der Waals surface area (Å²) in [5.74, 6) is 0.757. The van der Waals surface area contributed by atoms with Crippen LogP contribution in [0.2, 0.25) is 0 Å². The predicted molar refractivity (Wildman–Crippen MR) is 62.1 cm³/mol. The van der Waals surface area contributed by atoms with Crippen LogP contribution in [-0.4, -0.2) is 18.0 Å². The lowest BCUT2D eigenvalue weighted by Gasteiger charge is -2.26. The second-order valence-electron chi connectivity index (χ2n) is 3.76. The Labute approximate surface area is 93.0 Å². The predicted octanol–water partition coefficient (Wildman–Crippen LogP) is 3.35. The molecule has 3 heteroatoms. The fourth-order valence-electron chi connectivity index (χ4n) is 1.87. The average Bonchev–Trinajstić information content (AvgIpc) is 2.16. The second kappa shape index (κ2) is 7.90. The molecule has 1 aliphatic carbocycles. The minimum Gasteiger partial charge on any atom is -0.310 e. The van der Waals surface area contributed by atoms with E-state index in [0.29, 0.717) is 6.04 Å². The Morgan fingerprint density at radius 2 is 1.92 bits per heavy atom. The molecule has 0 amide bonds. The lowest BCUT2D eigenvalue weighted by Crippen LogP contribution is -2.40. The zero-order chi connectivity index (χ0) is 8.81. The van der Waals surface area contributed by atoms with Crippen LogP contribution in [0.15, 0.2) is 0 Å². The maximum atomic E-state index is 5.82. The van der Waals surface area contributed by atoms with E-state index < -0.39 is 0 Å². The highest BCUT2D eigenvalue weighted by atomic mass is 35.5. The second-order valence-corrected chi connectivity index (χ2v) is 4.07. The third-order valence-corrected chi connectivity index (χ3v) is 3.13. The van der Waals surface area contributed by atoms with Crippen molar-refractivity contribution in [2.24, 2.45) is 0 Å². The van der Waals surface area contributed by atoms with Crippen molar-refractivity contribution in [1.29, 1.82) is 0 Å². The van der Waals surface area contributed by atoms with Crippen LogP contribution >= 0.6 is 24.0 Å². The molecule has 1 unspecified atom stereocenters. The molecule has 13 heavy (non-hydrogen) atoms. The Morgan fingerprint density at radius 3 is 2.38 bits per heavy atom. The molecule has 1 rings (SSSR count). The van der Waals surface area contributed by atoms with Crippen LogP contribution in [0.3, 0.4) is 0 Å². The first kappa shape index (κ1) is 13.5. The summed E-state index contributed by atoms with van der Waals surface area (Å²) in [6, 6.07) is 1.29.